The van der Waals surface area contributed by atoms with Crippen molar-refractivity contribution in [2.24, 2.45) is 0 Å². The summed E-state index contributed by atoms with van der Waals surface area (Å²) in [5.41, 5.74) is 0.931. The number of nitrogens with zero attached hydrogens (tertiary/aromatic N) is 1. The van der Waals surface area contributed by atoms with Gasteiger partial charge in [0, 0.05) is 13.1 Å². The second-order valence-electron chi connectivity index (χ2n) is 4.85. The molecule has 1 heterocycles. The molecular weight excluding hydrogens is 230 g/mol. The van der Waals surface area contributed by atoms with Gasteiger partial charge in [-0.1, -0.05) is 29.8 Å². The van der Waals surface area contributed by atoms with Crippen LogP contribution in [-0.2, 0) is 15.1 Å². The Balaban J connectivity index is 2.39. The number of aryl methyl sites for hydroxylation is 1. The van der Waals surface area contributed by atoms with E-state index in [2.05, 4.69) is 0 Å². The van der Waals surface area contributed by atoms with Crippen LogP contribution in [0.3, 0.4) is 0 Å². The van der Waals surface area contributed by atoms with Gasteiger partial charge in [0.15, 0.2) is 0 Å². The number of morpholine rings is 1. The van der Waals surface area contributed by atoms with Crippen LogP contribution >= 0.6 is 0 Å². The number of rotatable bonds is 3. The highest BCUT2D eigenvalue weighted by atomic mass is 16.5. The molecule has 1 aromatic rings. The molecule has 1 aliphatic rings. The molecule has 98 valence electrons. The maximum Gasteiger partial charge on any atom is 0.328 e. The second-order valence-corrected chi connectivity index (χ2v) is 4.85. The molecule has 0 aliphatic carbocycles. The monoisotopic (exact) mass is 249 g/mol. The van der Waals surface area contributed by atoms with Crippen LogP contribution in [0.2, 0.25) is 0 Å². The van der Waals surface area contributed by atoms with E-state index in [0.717, 1.165) is 11.1 Å². The summed E-state index contributed by atoms with van der Waals surface area (Å²) in [6.45, 7) is 6.23. The maximum atomic E-state index is 11.7. The van der Waals surface area contributed by atoms with Crippen LogP contribution in [0.1, 0.15) is 18.1 Å². The molecule has 18 heavy (non-hydrogen) atoms. The molecule has 0 spiro atoms. The Morgan fingerprint density at radius 1 is 1.39 bits per heavy atom. The van der Waals surface area contributed by atoms with E-state index in [1.807, 2.05) is 36.1 Å². The fraction of sp³-hybridized carbons (Fsp3) is 0.500. The van der Waals surface area contributed by atoms with Crippen molar-refractivity contribution in [3.8, 4) is 0 Å². The van der Waals surface area contributed by atoms with Gasteiger partial charge in [-0.25, -0.2) is 4.79 Å². The first-order valence-corrected chi connectivity index (χ1v) is 6.18. The number of carboxylic acids is 1. The summed E-state index contributed by atoms with van der Waals surface area (Å²) < 4.78 is 5.30. The van der Waals surface area contributed by atoms with Crippen molar-refractivity contribution in [1.82, 2.24) is 4.90 Å². The molecule has 0 aromatic heterocycles. The van der Waals surface area contributed by atoms with E-state index in [9.17, 15) is 9.90 Å². The Kier molecular flexibility index (Phi) is 3.68. The number of hydrogen-bond donors (Lipinski definition) is 1. The summed E-state index contributed by atoms with van der Waals surface area (Å²) in [5.74, 6) is -0.810. The number of aliphatic carboxylic acids is 1. The lowest BCUT2D eigenvalue weighted by Crippen LogP contribution is -2.54. The predicted molar refractivity (Wildman–Crippen MR) is 68.6 cm³/mol. The topological polar surface area (TPSA) is 49.8 Å². The zero-order valence-electron chi connectivity index (χ0n) is 10.8. The summed E-state index contributed by atoms with van der Waals surface area (Å²) in [4.78, 5) is 13.7. The minimum Gasteiger partial charge on any atom is -0.480 e. The number of carboxylic acid groups (broad SMARTS) is 1. The number of benzene rings is 1. The predicted octanol–water partition coefficient (Wildman–Crippen LogP) is 1.63. The molecule has 4 heteroatoms. The van der Waals surface area contributed by atoms with Gasteiger partial charge < -0.3 is 9.84 Å². The highest BCUT2D eigenvalue weighted by Gasteiger charge is 2.41. The Bertz CT molecular complexity index is 440. The van der Waals surface area contributed by atoms with Gasteiger partial charge in [-0.2, -0.15) is 0 Å². The summed E-state index contributed by atoms with van der Waals surface area (Å²) >= 11 is 0. The third-order valence-electron chi connectivity index (χ3n) is 3.64. The average molecular weight is 249 g/mol. The van der Waals surface area contributed by atoms with E-state index >= 15 is 0 Å². The molecule has 1 aliphatic heterocycles. The van der Waals surface area contributed by atoms with Gasteiger partial charge in [-0.05, 0) is 19.4 Å². The van der Waals surface area contributed by atoms with Crippen LogP contribution in [0.25, 0.3) is 0 Å². The minimum absolute atomic E-state index is 0.592. The van der Waals surface area contributed by atoms with E-state index in [0.29, 0.717) is 26.3 Å². The van der Waals surface area contributed by atoms with Crippen molar-refractivity contribution < 1.29 is 14.6 Å². The average Bonchev–Trinajstić information content (AvgIpc) is 2.38. The van der Waals surface area contributed by atoms with Crippen LogP contribution in [0.4, 0.5) is 0 Å². The minimum atomic E-state index is -0.976. The Hall–Kier alpha value is -1.39. The third kappa shape index (κ3) is 2.26. The number of carbonyl (C=O) groups is 1. The highest BCUT2D eigenvalue weighted by molar-refractivity contribution is 5.80. The van der Waals surface area contributed by atoms with Crippen molar-refractivity contribution >= 4 is 5.97 Å². The first-order valence-electron chi connectivity index (χ1n) is 6.18. The highest BCUT2D eigenvalue weighted by Crippen LogP contribution is 2.30. The maximum absolute atomic E-state index is 11.7. The van der Waals surface area contributed by atoms with Crippen molar-refractivity contribution in [2.45, 2.75) is 19.4 Å². The van der Waals surface area contributed by atoms with Crippen molar-refractivity contribution in [2.75, 3.05) is 26.3 Å². The Morgan fingerprint density at radius 2 is 2.06 bits per heavy atom. The molecule has 0 amide bonds. The molecule has 1 N–H and O–H groups in total. The van der Waals surface area contributed by atoms with Crippen molar-refractivity contribution in [3.63, 3.8) is 0 Å². The fourth-order valence-corrected chi connectivity index (χ4v) is 2.40. The largest absolute Gasteiger partial charge is 0.480 e. The lowest BCUT2D eigenvalue weighted by Gasteiger charge is -2.40. The van der Waals surface area contributed by atoms with Gasteiger partial charge in [-0.15, -0.1) is 0 Å². The number of ether oxygens (including phenoxy) is 1. The lowest BCUT2D eigenvalue weighted by atomic mass is 9.88. The van der Waals surface area contributed by atoms with Gasteiger partial charge >= 0.3 is 5.97 Å². The molecule has 0 saturated carbocycles. The second kappa shape index (κ2) is 5.08. The molecule has 2 rings (SSSR count). The zero-order chi connectivity index (χ0) is 13.2. The van der Waals surface area contributed by atoms with Gasteiger partial charge in [0.2, 0.25) is 0 Å². The molecule has 0 radical (unpaired) electrons. The van der Waals surface area contributed by atoms with E-state index in [-0.39, 0.29) is 0 Å². The molecule has 0 bridgehead atoms. The molecule has 4 nitrogen and oxygen atoms in total. The lowest BCUT2D eigenvalue weighted by molar-refractivity contribution is -0.154. The number of hydrogen-bond acceptors (Lipinski definition) is 3. The van der Waals surface area contributed by atoms with Crippen molar-refractivity contribution in [3.05, 3.63) is 35.4 Å². The molecule has 1 fully saturated rings. The summed E-state index contributed by atoms with van der Waals surface area (Å²) in [6, 6.07) is 7.72. The Morgan fingerprint density at radius 3 is 2.61 bits per heavy atom. The normalized spacial score (nSPS) is 20.3. The molecule has 1 saturated heterocycles. The quantitative estimate of drug-likeness (QED) is 0.884. The first-order chi connectivity index (χ1) is 8.55. The van der Waals surface area contributed by atoms with Gasteiger partial charge in [0.25, 0.3) is 0 Å². The molecular formula is C14H19NO3. The summed E-state index contributed by atoms with van der Waals surface area (Å²) in [7, 11) is 0. The van der Waals surface area contributed by atoms with E-state index in [1.54, 1.807) is 6.92 Å². The smallest absolute Gasteiger partial charge is 0.328 e. The van der Waals surface area contributed by atoms with Crippen LogP contribution in [0, 0.1) is 6.92 Å². The summed E-state index contributed by atoms with van der Waals surface area (Å²) in [6.07, 6.45) is 0. The van der Waals surface area contributed by atoms with Gasteiger partial charge in [-0.3, -0.25) is 4.90 Å². The van der Waals surface area contributed by atoms with Gasteiger partial charge in [0.05, 0.1) is 13.2 Å². The SMILES string of the molecule is Cc1cccc(C(C)(C(=O)O)N2CCOCC2)c1. The van der Waals surface area contributed by atoms with Crippen molar-refractivity contribution in [1.29, 1.82) is 0 Å². The van der Waals surface area contributed by atoms with E-state index in [1.165, 1.54) is 0 Å². The van der Waals surface area contributed by atoms with Crippen LogP contribution in [-0.4, -0.2) is 42.3 Å². The standard InChI is InChI=1S/C14H19NO3/c1-11-4-3-5-12(10-11)14(2,13(16)17)15-6-8-18-9-7-15/h3-5,10H,6-9H2,1-2H3,(H,16,17). The fourth-order valence-electron chi connectivity index (χ4n) is 2.40. The zero-order valence-corrected chi connectivity index (χ0v) is 10.8. The summed E-state index contributed by atoms with van der Waals surface area (Å²) in [5, 5.41) is 9.65. The van der Waals surface area contributed by atoms with Crippen LogP contribution in [0.15, 0.2) is 24.3 Å². The first kappa shape index (κ1) is 13.1. The van der Waals surface area contributed by atoms with Crippen LogP contribution in [0.5, 0.6) is 0 Å². The molecule has 1 unspecified atom stereocenters. The van der Waals surface area contributed by atoms with E-state index in [4.69, 9.17) is 4.74 Å². The van der Waals surface area contributed by atoms with Gasteiger partial charge in [0.1, 0.15) is 5.54 Å². The van der Waals surface area contributed by atoms with Crippen LogP contribution < -0.4 is 0 Å². The third-order valence-corrected chi connectivity index (χ3v) is 3.64. The Labute approximate surface area is 107 Å². The van der Waals surface area contributed by atoms with E-state index < -0.39 is 11.5 Å². The molecule has 1 aromatic carbocycles. The molecule has 1 atom stereocenters.